The highest BCUT2D eigenvalue weighted by Crippen LogP contribution is 2.34. The fraction of sp³-hybridized carbons (Fsp3) is 0.417. The number of hydrogen-bond donors (Lipinski definition) is 2. The van der Waals surface area contributed by atoms with Gasteiger partial charge in [-0.2, -0.15) is 0 Å². The molecule has 5 heteroatoms. The van der Waals surface area contributed by atoms with Crippen molar-refractivity contribution < 1.29 is 19.4 Å². The van der Waals surface area contributed by atoms with Crippen LogP contribution in [0.4, 0.5) is 0 Å². The summed E-state index contributed by atoms with van der Waals surface area (Å²) in [4.78, 5) is 10.9. The summed E-state index contributed by atoms with van der Waals surface area (Å²) in [6.07, 6.45) is -0.770. The zero-order valence-electron chi connectivity index (χ0n) is 9.77. The van der Waals surface area contributed by atoms with Gasteiger partial charge in [-0.25, -0.2) is 0 Å². The maximum atomic E-state index is 10.9. The maximum Gasteiger partial charge on any atom is 0.231 e. The van der Waals surface area contributed by atoms with Gasteiger partial charge >= 0.3 is 0 Å². The molecule has 1 aliphatic heterocycles. The Balaban J connectivity index is 2.14. The fourth-order valence-corrected chi connectivity index (χ4v) is 1.79. The molecule has 0 bridgehead atoms. The number of aliphatic hydroxyl groups excluding tert-OH is 1. The highest BCUT2D eigenvalue weighted by Gasteiger charge is 2.20. The summed E-state index contributed by atoms with van der Waals surface area (Å²) in [5.41, 5.74) is 0.690. The first kappa shape index (κ1) is 11.7. The van der Waals surface area contributed by atoms with Crippen LogP contribution < -0.4 is 14.8 Å². The molecule has 0 radical (unpaired) electrons. The minimum absolute atomic E-state index is 0.169. The first-order valence-electron chi connectivity index (χ1n) is 5.42. The molecule has 1 aliphatic rings. The lowest BCUT2D eigenvalue weighted by atomic mass is 10.0. The third kappa shape index (κ3) is 2.50. The Bertz CT molecular complexity index is 433. The van der Waals surface area contributed by atoms with Crippen LogP contribution in [0.2, 0.25) is 0 Å². The van der Waals surface area contributed by atoms with E-state index in [0.29, 0.717) is 17.1 Å². The molecule has 2 N–H and O–H groups in total. The molecule has 2 rings (SSSR count). The van der Waals surface area contributed by atoms with Crippen LogP contribution in [0.25, 0.3) is 0 Å². The Hall–Kier alpha value is -1.75. The van der Waals surface area contributed by atoms with Gasteiger partial charge in [-0.1, -0.05) is 6.07 Å². The number of aliphatic hydroxyl groups is 1. The van der Waals surface area contributed by atoms with E-state index < -0.39 is 6.10 Å². The highest BCUT2D eigenvalue weighted by atomic mass is 16.7. The van der Waals surface area contributed by atoms with Gasteiger partial charge in [0, 0.05) is 6.92 Å². The molecular weight excluding hydrogens is 222 g/mol. The highest BCUT2D eigenvalue weighted by molar-refractivity contribution is 5.73. The molecular formula is C12H15NO4. The van der Waals surface area contributed by atoms with E-state index in [4.69, 9.17) is 9.47 Å². The number of fused-ring (bicyclic) bond motifs is 1. The number of amides is 1. The van der Waals surface area contributed by atoms with Crippen LogP contribution in [-0.2, 0) is 4.79 Å². The molecule has 0 aromatic heterocycles. The maximum absolute atomic E-state index is 10.9. The molecule has 1 amide bonds. The van der Waals surface area contributed by atoms with Crippen LogP contribution in [0.15, 0.2) is 18.2 Å². The first-order chi connectivity index (χ1) is 8.08. The Kier molecular flexibility index (Phi) is 3.19. The minimum Gasteiger partial charge on any atom is -0.454 e. The van der Waals surface area contributed by atoms with E-state index in [0.717, 1.165) is 0 Å². The van der Waals surface area contributed by atoms with Crippen molar-refractivity contribution >= 4 is 5.91 Å². The fourth-order valence-electron chi connectivity index (χ4n) is 1.79. The van der Waals surface area contributed by atoms with E-state index in [1.54, 1.807) is 25.1 Å². The molecule has 1 aromatic carbocycles. The van der Waals surface area contributed by atoms with E-state index in [-0.39, 0.29) is 18.7 Å². The Morgan fingerprint density at radius 3 is 2.82 bits per heavy atom. The molecule has 92 valence electrons. The second-order valence-corrected chi connectivity index (χ2v) is 4.05. The number of carbonyl (C=O) groups is 1. The van der Waals surface area contributed by atoms with Crippen LogP contribution >= 0.6 is 0 Å². The van der Waals surface area contributed by atoms with Gasteiger partial charge in [-0.15, -0.1) is 0 Å². The van der Waals surface area contributed by atoms with Gasteiger partial charge < -0.3 is 19.9 Å². The Morgan fingerprint density at radius 2 is 2.12 bits per heavy atom. The SMILES string of the molecule is CC(=O)NC(C)C(O)c1ccc2c(c1)OCO2. The summed E-state index contributed by atoms with van der Waals surface area (Å²) in [5, 5.41) is 12.7. The largest absolute Gasteiger partial charge is 0.454 e. The topological polar surface area (TPSA) is 67.8 Å². The van der Waals surface area contributed by atoms with Crippen molar-refractivity contribution in [2.75, 3.05) is 6.79 Å². The molecule has 0 aliphatic carbocycles. The molecule has 1 heterocycles. The predicted octanol–water partition coefficient (Wildman–Crippen LogP) is 0.973. The monoisotopic (exact) mass is 237 g/mol. The van der Waals surface area contributed by atoms with Crippen molar-refractivity contribution in [3.63, 3.8) is 0 Å². The van der Waals surface area contributed by atoms with Gasteiger partial charge in [-0.05, 0) is 24.6 Å². The van der Waals surface area contributed by atoms with Crippen molar-refractivity contribution in [3.05, 3.63) is 23.8 Å². The van der Waals surface area contributed by atoms with Crippen molar-refractivity contribution in [1.29, 1.82) is 0 Å². The number of ether oxygens (including phenoxy) is 2. The second kappa shape index (κ2) is 4.63. The summed E-state index contributed by atoms with van der Waals surface area (Å²) < 4.78 is 10.4. The van der Waals surface area contributed by atoms with E-state index in [1.165, 1.54) is 6.92 Å². The van der Waals surface area contributed by atoms with Gasteiger partial charge in [0.2, 0.25) is 12.7 Å². The van der Waals surface area contributed by atoms with E-state index in [2.05, 4.69) is 5.32 Å². The molecule has 5 nitrogen and oxygen atoms in total. The van der Waals surface area contributed by atoms with E-state index >= 15 is 0 Å². The second-order valence-electron chi connectivity index (χ2n) is 4.05. The Labute approximate surface area is 99.3 Å². The van der Waals surface area contributed by atoms with Crippen LogP contribution in [0.1, 0.15) is 25.5 Å². The van der Waals surface area contributed by atoms with Crippen molar-refractivity contribution in [1.82, 2.24) is 5.32 Å². The predicted molar refractivity (Wildman–Crippen MR) is 60.8 cm³/mol. The van der Waals surface area contributed by atoms with Gasteiger partial charge in [-0.3, -0.25) is 4.79 Å². The first-order valence-corrected chi connectivity index (χ1v) is 5.42. The standard InChI is InChI=1S/C12H15NO4/c1-7(13-8(2)14)12(15)9-3-4-10-11(5-9)17-6-16-10/h3-5,7,12,15H,6H2,1-2H3,(H,13,14). The number of benzene rings is 1. The summed E-state index contributed by atoms with van der Waals surface area (Å²) >= 11 is 0. The molecule has 0 saturated carbocycles. The van der Waals surface area contributed by atoms with Crippen molar-refractivity contribution in [2.45, 2.75) is 26.0 Å². The van der Waals surface area contributed by atoms with Gasteiger partial charge in [0.25, 0.3) is 0 Å². The lowest BCUT2D eigenvalue weighted by Crippen LogP contribution is -2.35. The van der Waals surface area contributed by atoms with E-state index in [9.17, 15) is 9.90 Å². The normalized spacial score (nSPS) is 16.4. The minimum atomic E-state index is -0.770. The summed E-state index contributed by atoms with van der Waals surface area (Å²) in [6.45, 7) is 3.37. The van der Waals surface area contributed by atoms with Gasteiger partial charge in [0.05, 0.1) is 12.1 Å². The average molecular weight is 237 g/mol. The molecule has 2 atom stereocenters. The molecule has 1 aromatic rings. The zero-order valence-corrected chi connectivity index (χ0v) is 9.77. The van der Waals surface area contributed by atoms with Crippen molar-refractivity contribution in [3.8, 4) is 11.5 Å². The lowest BCUT2D eigenvalue weighted by molar-refractivity contribution is -0.120. The average Bonchev–Trinajstić information content (AvgIpc) is 2.73. The van der Waals surface area contributed by atoms with E-state index in [1.807, 2.05) is 0 Å². The molecule has 17 heavy (non-hydrogen) atoms. The molecule has 0 saturated heterocycles. The van der Waals surface area contributed by atoms with Crippen LogP contribution in [-0.4, -0.2) is 23.8 Å². The van der Waals surface area contributed by atoms with Crippen LogP contribution in [0, 0.1) is 0 Å². The molecule has 0 fully saturated rings. The summed E-state index contributed by atoms with van der Waals surface area (Å²) in [6, 6.07) is 4.89. The lowest BCUT2D eigenvalue weighted by Gasteiger charge is -2.20. The van der Waals surface area contributed by atoms with Gasteiger partial charge in [0.15, 0.2) is 11.5 Å². The number of rotatable bonds is 3. The Morgan fingerprint density at radius 1 is 1.41 bits per heavy atom. The molecule has 0 spiro atoms. The quantitative estimate of drug-likeness (QED) is 0.822. The number of hydrogen-bond acceptors (Lipinski definition) is 4. The zero-order chi connectivity index (χ0) is 12.4. The third-order valence-electron chi connectivity index (χ3n) is 2.64. The van der Waals surface area contributed by atoms with Crippen molar-refractivity contribution in [2.24, 2.45) is 0 Å². The summed E-state index contributed by atoms with van der Waals surface area (Å²) in [7, 11) is 0. The molecule has 2 unspecified atom stereocenters. The van der Waals surface area contributed by atoms with Gasteiger partial charge in [0.1, 0.15) is 0 Å². The summed E-state index contributed by atoms with van der Waals surface area (Å²) in [5.74, 6) is 1.13. The third-order valence-corrected chi connectivity index (χ3v) is 2.64. The number of carbonyl (C=O) groups excluding carboxylic acids is 1. The van der Waals surface area contributed by atoms with Crippen LogP contribution in [0.3, 0.4) is 0 Å². The van der Waals surface area contributed by atoms with Crippen LogP contribution in [0.5, 0.6) is 11.5 Å². The smallest absolute Gasteiger partial charge is 0.231 e. The number of nitrogens with one attached hydrogen (secondary N) is 1.